The Morgan fingerprint density at radius 2 is 2.25 bits per heavy atom. The van der Waals surface area contributed by atoms with Gasteiger partial charge in [0.2, 0.25) is 0 Å². The van der Waals surface area contributed by atoms with E-state index in [9.17, 15) is 0 Å². The molecule has 12 heavy (non-hydrogen) atoms. The number of aliphatic hydroxyl groups excluding tert-OH is 2. The first-order valence-corrected chi connectivity index (χ1v) is 4.40. The molecule has 3 unspecified atom stereocenters. The quantitative estimate of drug-likeness (QED) is 0.493. The summed E-state index contributed by atoms with van der Waals surface area (Å²) >= 11 is 0. The minimum Gasteiger partial charge on any atom is -0.394 e. The molecule has 0 aromatic carbocycles. The maximum Gasteiger partial charge on any atom is 0.0897 e. The highest BCUT2D eigenvalue weighted by atomic mass is 16.3. The highest BCUT2D eigenvalue weighted by Gasteiger charge is 2.27. The highest BCUT2D eigenvalue weighted by molar-refractivity contribution is 4.84. The summed E-state index contributed by atoms with van der Waals surface area (Å²) in [7, 11) is 0. The summed E-state index contributed by atoms with van der Waals surface area (Å²) in [5.74, 6) is 0.496. The molecule has 4 nitrogen and oxygen atoms in total. The van der Waals surface area contributed by atoms with Gasteiger partial charge in [-0.2, -0.15) is 0 Å². The van der Waals surface area contributed by atoms with Gasteiger partial charge in [0.1, 0.15) is 0 Å². The molecular weight excluding hydrogens is 156 g/mol. The Kier molecular flexibility index (Phi) is 3.46. The summed E-state index contributed by atoms with van der Waals surface area (Å²) in [5.41, 5.74) is 5.80. The van der Waals surface area contributed by atoms with Crippen LogP contribution in [-0.4, -0.2) is 53.5 Å². The van der Waals surface area contributed by atoms with Crippen LogP contribution >= 0.6 is 0 Å². The average molecular weight is 174 g/mol. The summed E-state index contributed by atoms with van der Waals surface area (Å²) in [6, 6.07) is 0.218. The Morgan fingerprint density at radius 3 is 2.67 bits per heavy atom. The molecule has 72 valence electrons. The summed E-state index contributed by atoms with van der Waals surface area (Å²) in [4.78, 5) is 2.09. The molecule has 1 rings (SSSR count). The van der Waals surface area contributed by atoms with Gasteiger partial charge < -0.3 is 15.9 Å². The molecule has 0 aromatic rings. The number of nitrogens with zero attached hydrogens (tertiary/aromatic N) is 1. The minimum absolute atomic E-state index is 0.167. The minimum atomic E-state index is -0.623. The van der Waals surface area contributed by atoms with Gasteiger partial charge in [0, 0.05) is 25.7 Å². The third-order valence-corrected chi connectivity index (χ3v) is 2.43. The SMILES string of the molecule is CC1CN(CC(O)CO)CC1N. The van der Waals surface area contributed by atoms with E-state index in [4.69, 9.17) is 15.9 Å². The molecule has 0 radical (unpaired) electrons. The lowest BCUT2D eigenvalue weighted by Gasteiger charge is -2.17. The molecule has 3 atom stereocenters. The van der Waals surface area contributed by atoms with E-state index in [2.05, 4.69) is 11.8 Å². The Morgan fingerprint density at radius 1 is 1.58 bits per heavy atom. The molecule has 0 bridgehead atoms. The molecule has 1 aliphatic heterocycles. The smallest absolute Gasteiger partial charge is 0.0897 e. The van der Waals surface area contributed by atoms with Crippen LogP contribution in [0.4, 0.5) is 0 Å². The van der Waals surface area contributed by atoms with Gasteiger partial charge in [-0.05, 0) is 5.92 Å². The third kappa shape index (κ3) is 2.42. The topological polar surface area (TPSA) is 69.7 Å². The Hall–Kier alpha value is -0.160. The van der Waals surface area contributed by atoms with Crippen molar-refractivity contribution in [1.29, 1.82) is 0 Å². The zero-order chi connectivity index (χ0) is 9.14. The van der Waals surface area contributed by atoms with Crippen LogP contribution in [0.2, 0.25) is 0 Å². The molecule has 0 amide bonds. The first-order chi connectivity index (χ1) is 5.63. The number of β-amino-alcohol motifs (C(OH)–C–C–N with tert-alkyl or cyclic N) is 1. The predicted octanol–water partition coefficient (Wildman–Crippen LogP) is -1.38. The second-order valence-electron chi connectivity index (χ2n) is 3.70. The van der Waals surface area contributed by atoms with Crippen LogP contribution in [0.25, 0.3) is 0 Å². The normalized spacial score (nSPS) is 34.0. The van der Waals surface area contributed by atoms with Crippen molar-refractivity contribution in [1.82, 2.24) is 4.90 Å². The van der Waals surface area contributed by atoms with Crippen molar-refractivity contribution in [2.45, 2.75) is 19.1 Å². The molecule has 0 aliphatic carbocycles. The Balaban J connectivity index is 2.27. The first kappa shape index (κ1) is 9.92. The summed E-state index contributed by atoms with van der Waals surface area (Å²) in [5, 5.41) is 17.8. The Labute approximate surface area is 73.0 Å². The van der Waals surface area contributed by atoms with E-state index in [0.29, 0.717) is 12.5 Å². The van der Waals surface area contributed by atoms with Crippen LogP contribution in [0.3, 0.4) is 0 Å². The van der Waals surface area contributed by atoms with Gasteiger partial charge in [-0.1, -0.05) is 6.92 Å². The first-order valence-electron chi connectivity index (χ1n) is 4.40. The molecule has 1 saturated heterocycles. The van der Waals surface area contributed by atoms with E-state index in [-0.39, 0.29) is 12.6 Å². The van der Waals surface area contributed by atoms with Gasteiger partial charge in [0.05, 0.1) is 12.7 Å². The average Bonchev–Trinajstić information content (AvgIpc) is 2.31. The van der Waals surface area contributed by atoms with Crippen LogP contribution in [0.5, 0.6) is 0 Å². The van der Waals surface area contributed by atoms with Crippen molar-refractivity contribution in [3.8, 4) is 0 Å². The van der Waals surface area contributed by atoms with E-state index < -0.39 is 6.10 Å². The number of aliphatic hydroxyl groups is 2. The third-order valence-electron chi connectivity index (χ3n) is 2.43. The van der Waals surface area contributed by atoms with Gasteiger partial charge in [-0.25, -0.2) is 0 Å². The summed E-state index contributed by atoms with van der Waals surface area (Å²) < 4.78 is 0. The fraction of sp³-hybridized carbons (Fsp3) is 1.00. The summed E-state index contributed by atoms with van der Waals surface area (Å²) in [6.07, 6.45) is -0.623. The molecule has 1 aliphatic rings. The van der Waals surface area contributed by atoms with Crippen molar-refractivity contribution in [2.75, 3.05) is 26.2 Å². The van der Waals surface area contributed by atoms with Gasteiger partial charge in [-0.15, -0.1) is 0 Å². The molecule has 1 heterocycles. The number of nitrogens with two attached hydrogens (primary N) is 1. The Bertz CT molecular complexity index is 133. The van der Waals surface area contributed by atoms with Crippen molar-refractivity contribution in [3.63, 3.8) is 0 Å². The van der Waals surface area contributed by atoms with Crippen LogP contribution in [0, 0.1) is 5.92 Å². The van der Waals surface area contributed by atoms with E-state index >= 15 is 0 Å². The van der Waals surface area contributed by atoms with E-state index in [1.807, 2.05) is 0 Å². The molecule has 0 spiro atoms. The maximum atomic E-state index is 9.16. The second kappa shape index (κ2) is 4.18. The molecule has 4 heteroatoms. The van der Waals surface area contributed by atoms with Crippen LogP contribution in [-0.2, 0) is 0 Å². The molecule has 1 fully saturated rings. The molecular formula is C8H18N2O2. The number of hydrogen-bond donors (Lipinski definition) is 3. The summed E-state index contributed by atoms with van der Waals surface area (Å²) in [6.45, 7) is 4.24. The lowest BCUT2D eigenvalue weighted by molar-refractivity contribution is 0.0651. The van der Waals surface area contributed by atoms with Crippen LogP contribution in [0.1, 0.15) is 6.92 Å². The zero-order valence-corrected chi connectivity index (χ0v) is 7.48. The molecule has 4 N–H and O–H groups in total. The highest BCUT2D eigenvalue weighted by Crippen LogP contribution is 2.14. The lowest BCUT2D eigenvalue weighted by atomic mass is 10.1. The fourth-order valence-electron chi connectivity index (χ4n) is 1.60. The zero-order valence-electron chi connectivity index (χ0n) is 7.48. The van der Waals surface area contributed by atoms with Crippen LogP contribution in [0.15, 0.2) is 0 Å². The van der Waals surface area contributed by atoms with Crippen molar-refractivity contribution in [3.05, 3.63) is 0 Å². The number of likely N-dealkylation sites (tertiary alicyclic amines) is 1. The van der Waals surface area contributed by atoms with Crippen molar-refractivity contribution in [2.24, 2.45) is 11.7 Å². The predicted molar refractivity (Wildman–Crippen MR) is 46.7 cm³/mol. The van der Waals surface area contributed by atoms with Gasteiger partial charge in [0.25, 0.3) is 0 Å². The van der Waals surface area contributed by atoms with Gasteiger partial charge in [0.15, 0.2) is 0 Å². The second-order valence-corrected chi connectivity index (χ2v) is 3.70. The van der Waals surface area contributed by atoms with Crippen LogP contribution < -0.4 is 5.73 Å². The maximum absolute atomic E-state index is 9.16. The van der Waals surface area contributed by atoms with E-state index in [0.717, 1.165) is 13.1 Å². The van der Waals surface area contributed by atoms with E-state index in [1.165, 1.54) is 0 Å². The number of rotatable bonds is 3. The fourth-order valence-corrected chi connectivity index (χ4v) is 1.60. The standard InChI is InChI=1S/C8H18N2O2/c1-6-2-10(4-8(6)9)3-7(12)5-11/h6-8,11-12H,2-5,9H2,1H3. The van der Waals surface area contributed by atoms with Gasteiger partial charge >= 0.3 is 0 Å². The van der Waals surface area contributed by atoms with Crippen molar-refractivity contribution >= 4 is 0 Å². The largest absolute Gasteiger partial charge is 0.394 e. The van der Waals surface area contributed by atoms with E-state index in [1.54, 1.807) is 0 Å². The van der Waals surface area contributed by atoms with Crippen molar-refractivity contribution < 1.29 is 10.2 Å². The number of hydrogen-bond acceptors (Lipinski definition) is 4. The molecule has 0 saturated carbocycles. The monoisotopic (exact) mass is 174 g/mol. The molecule has 0 aromatic heterocycles. The van der Waals surface area contributed by atoms with Gasteiger partial charge in [-0.3, -0.25) is 4.90 Å². The lowest BCUT2D eigenvalue weighted by Crippen LogP contribution is -2.34.